The minimum absolute atomic E-state index is 0.0436. The lowest BCUT2D eigenvalue weighted by atomic mass is 10.1. The summed E-state index contributed by atoms with van der Waals surface area (Å²) in [6, 6.07) is 10.2. The van der Waals surface area contributed by atoms with Gasteiger partial charge < -0.3 is 34.8 Å². The van der Waals surface area contributed by atoms with Gasteiger partial charge in [-0.1, -0.05) is 25.5 Å². The van der Waals surface area contributed by atoms with Crippen LogP contribution in [0, 0.1) is 0 Å². The maximum Gasteiger partial charge on any atom is 0.411 e. The molecule has 0 unspecified atom stereocenters. The molecule has 1 aliphatic rings. The number of ether oxygens (including phenoxy) is 2. The van der Waals surface area contributed by atoms with Crippen molar-refractivity contribution in [2.45, 2.75) is 32.6 Å². The summed E-state index contributed by atoms with van der Waals surface area (Å²) in [5.74, 6) is 0.618. The summed E-state index contributed by atoms with van der Waals surface area (Å²) in [4.78, 5) is 45.3. The standard InChI is InChI=1S/C25H30N6O6/c1-2-3-4-16-5-7-17(8-6-16)27-25(34)30-21-22(37-24(26)33)29-20(28-21)15-18-9-10-19(36-18)23(32)31-11-13-35-14-12-31/h5-10H,2-4,11-15H2,1H3,(H2,26,33)(H,28,29)(H2,27,30,34). The molecule has 0 atom stereocenters. The van der Waals surface area contributed by atoms with Gasteiger partial charge in [-0.25, -0.2) is 9.59 Å². The zero-order valence-electron chi connectivity index (χ0n) is 20.5. The molecule has 1 aliphatic heterocycles. The van der Waals surface area contributed by atoms with Crippen LogP contribution in [0.5, 0.6) is 5.88 Å². The molecule has 1 aromatic carbocycles. The molecule has 12 nitrogen and oxygen atoms in total. The van der Waals surface area contributed by atoms with Crippen molar-refractivity contribution in [3.05, 3.63) is 59.3 Å². The number of aromatic amines is 1. The molecule has 0 bridgehead atoms. The second-order valence-corrected chi connectivity index (χ2v) is 8.51. The maximum atomic E-state index is 12.6. The molecule has 1 saturated heterocycles. The Kier molecular flexibility index (Phi) is 8.41. The highest BCUT2D eigenvalue weighted by Gasteiger charge is 2.22. The number of nitrogens with two attached hydrogens (primary N) is 1. The summed E-state index contributed by atoms with van der Waals surface area (Å²) in [5.41, 5.74) is 6.94. The van der Waals surface area contributed by atoms with Crippen molar-refractivity contribution >= 4 is 29.5 Å². The van der Waals surface area contributed by atoms with Crippen molar-refractivity contribution in [1.82, 2.24) is 14.9 Å². The van der Waals surface area contributed by atoms with Crippen LogP contribution in [0.4, 0.5) is 21.1 Å². The highest BCUT2D eigenvalue weighted by Crippen LogP contribution is 2.24. The van der Waals surface area contributed by atoms with E-state index in [1.165, 1.54) is 5.56 Å². The van der Waals surface area contributed by atoms with Crippen LogP contribution >= 0.6 is 0 Å². The Labute approximate surface area is 213 Å². The molecule has 4 rings (SSSR count). The fourth-order valence-corrected chi connectivity index (χ4v) is 3.83. The predicted octanol–water partition coefficient (Wildman–Crippen LogP) is 3.51. The summed E-state index contributed by atoms with van der Waals surface area (Å²) in [6.45, 7) is 4.11. The smallest absolute Gasteiger partial charge is 0.411 e. The van der Waals surface area contributed by atoms with Gasteiger partial charge in [0.2, 0.25) is 0 Å². The number of nitrogens with zero attached hydrogens (tertiary/aromatic N) is 2. The number of aromatic nitrogens is 2. The van der Waals surface area contributed by atoms with Crippen LogP contribution in [-0.4, -0.2) is 59.2 Å². The second kappa shape index (κ2) is 12.1. The molecule has 3 heterocycles. The van der Waals surface area contributed by atoms with Gasteiger partial charge in [0.25, 0.3) is 11.8 Å². The number of rotatable bonds is 9. The van der Waals surface area contributed by atoms with Crippen LogP contribution in [0.15, 0.2) is 40.8 Å². The topological polar surface area (TPSA) is 165 Å². The molecule has 12 heteroatoms. The number of nitrogens with one attached hydrogen (secondary N) is 3. The lowest BCUT2D eigenvalue weighted by Gasteiger charge is -2.25. The molecule has 37 heavy (non-hydrogen) atoms. The van der Waals surface area contributed by atoms with Crippen molar-refractivity contribution in [1.29, 1.82) is 0 Å². The van der Waals surface area contributed by atoms with Gasteiger partial charge in [-0.05, 0) is 42.7 Å². The fraction of sp³-hybridized carbons (Fsp3) is 0.360. The quantitative estimate of drug-likeness (QED) is 0.342. The largest absolute Gasteiger partial charge is 0.455 e. The van der Waals surface area contributed by atoms with Gasteiger partial charge in [0.1, 0.15) is 11.6 Å². The van der Waals surface area contributed by atoms with E-state index in [2.05, 4.69) is 27.5 Å². The molecule has 0 radical (unpaired) electrons. The van der Waals surface area contributed by atoms with Gasteiger partial charge in [0.15, 0.2) is 11.6 Å². The summed E-state index contributed by atoms with van der Waals surface area (Å²) in [5, 5.41) is 5.30. The number of amides is 4. The third kappa shape index (κ3) is 7.10. The van der Waals surface area contributed by atoms with Gasteiger partial charge in [0.05, 0.1) is 19.6 Å². The SMILES string of the molecule is CCCCc1ccc(NC(=O)Nc2[nH]c(Cc3ccc(C(=O)N4CCOCC4)o3)nc2OC(N)=O)cc1. The Balaban J connectivity index is 1.40. The van der Waals surface area contributed by atoms with E-state index >= 15 is 0 Å². The highest BCUT2D eigenvalue weighted by molar-refractivity contribution is 6.00. The maximum absolute atomic E-state index is 12.6. The van der Waals surface area contributed by atoms with Crippen LogP contribution in [0.2, 0.25) is 0 Å². The van der Waals surface area contributed by atoms with Crippen molar-refractivity contribution in [3.8, 4) is 5.88 Å². The number of aryl methyl sites for hydroxylation is 1. The number of furan rings is 1. The van der Waals surface area contributed by atoms with Gasteiger partial charge in [-0.2, -0.15) is 4.98 Å². The first-order valence-electron chi connectivity index (χ1n) is 12.1. The summed E-state index contributed by atoms with van der Waals surface area (Å²) >= 11 is 0. The Morgan fingerprint density at radius 3 is 2.57 bits per heavy atom. The van der Waals surface area contributed by atoms with Gasteiger partial charge in [-0.3, -0.25) is 10.1 Å². The van der Waals surface area contributed by atoms with E-state index in [0.717, 1.165) is 19.3 Å². The molecule has 2 aromatic heterocycles. The van der Waals surface area contributed by atoms with Crippen LogP contribution < -0.4 is 21.1 Å². The van der Waals surface area contributed by atoms with Crippen molar-refractivity contribution in [3.63, 3.8) is 0 Å². The summed E-state index contributed by atoms with van der Waals surface area (Å²) in [7, 11) is 0. The molecule has 0 aliphatic carbocycles. The number of morpholine rings is 1. The number of imidazole rings is 1. The number of urea groups is 1. The lowest BCUT2D eigenvalue weighted by molar-refractivity contribution is 0.0282. The molecule has 0 spiro atoms. The minimum Gasteiger partial charge on any atom is -0.455 e. The summed E-state index contributed by atoms with van der Waals surface area (Å²) in [6.07, 6.45) is 2.25. The van der Waals surface area contributed by atoms with E-state index in [4.69, 9.17) is 19.6 Å². The lowest BCUT2D eigenvalue weighted by Crippen LogP contribution is -2.40. The molecule has 196 valence electrons. The van der Waals surface area contributed by atoms with Crippen LogP contribution in [0.25, 0.3) is 0 Å². The van der Waals surface area contributed by atoms with E-state index in [9.17, 15) is 14.4 Å². The molecule has 4 amide bonds. The average Bonchev–Trinajstić information content (AvgIpc) is 3.50. The van der Waals surface area contributed by atoms with Crippen LogP contribution in [-0.2, 0) is 17.6 Å². The zero-order chi connectivity index (χ0) is 26.2. The number of hydrogen-bond donors (Lipinski definition) is 4. The molecular formula is C25H30N6O6. The van der Waals surface area contributed by atoms with Crippen LogP contribution in [0.3, 0.4) is 0 Å². The number of unbranched alkanes of at least 4 members (excludes halogenated alkanes) is 1. The number of benzene rings is 1. The van der Waals surface area contributed by atoms with Crippen LogP contribution in [0.1, 0.15) is 47.5 Å². The van der Waals surface area contributed by atoms with Crippen molar-refractivity contribution in [2.24, 2.45) is 5.73 Å². The Bertz CT molecular complexity index is 1230. The average molecular weight is 511 g/mol. The molecule has 1 fully saturated rings. The van der Waals surface area contributed by atoms with E-state index in [0.29, 0.717) is 43.6 Å². The first-order valence-corrected chi connectivity index (χ1v) is 12.1. The number of carbonyl (C=O) groups is 3. The normalized spacial score (nSPS) is 13.3. The Hall–Kier alpha value is -4.32. The Morgan fingerprint density at radius 1 is 1.11 bits per heavy atom. The number of H-pyrrole nitrogens is 1. The van der Waals surface area contributed by atoms with Gasteiger partial charge in [-0.15, -0.1) is 0 Å². The van der Waals surface area contributed by atoms with E-state index < -0.39 is 12.1 Å². The monoisotopic (exact) mass is 510 g/mol. The van der Waals surface area contributed by atoms with Gasteiger partial charge >= 0.3 is 12.1 Å². The first kappa shape index (κ1) is 25.8. The third-order valence-corrected chi connectivity index (χ3v) is 5.70. The number of anilines is 2. The minimum atomic E-state index is -1.08. The van der Waals surface area contributed by atoms with Crippen molar-refractivity contribution in [2.75, 3.05) is 36.9 Å². The van der Waals surface area contributed by atoms with Crippen molar-refractivity contribution < 1.29 is 28.3 Å². The van der Waals surface area contributed by atoms with E-state index in [1.807, 2.05) is 24.3 Å². The van der Waals surface area contributed by atoms with E-state index in [1.54, 1.807) is 17.0 Å². The number of primary amides is 1. The van der Waals surface area contributed by atoms with E-state index in [-0.39, 0.29) is 29.8 Å². The number of hydrogen-bond acceptors (Lipinski definition) is 7. The summed E-state index contributed by atoms with van der Waals surface area (Å²) < 4.78 is 15.9. The molecule has 3 aromatic rings. The number of carbonyl (C=O) groups excluding carboxylic acids is 3. The third-order valence-electron chi connectivity index (χ3n) is 5.70. The predicted molar refractivity (Wildman–Crippen MR) is 135 cm³/mol. The molecular weight excluding hydrogens is 480 g/mol. The molecule has 0 saturated carbocycles. The zero-order valence-corrected chi connectivity index (χ0v) is 20.5. The molecule has 5 N–H and O–H groups in total. The Morgan fingerprint density at radius 2 is 1.86 bits per heavy atom. The fourth-order valence-electron chi connectivity index (χ4n) is 3.83. The first-order chi connectivity index (χ1) is 17.9. The second-order valence-electron chi connectivity index (χ2n) is 8.51. The highest BCUT2D eigenvalue weighted by atomic mass is 16.6. The van der Waals surface area contributed by atoms with Gasteiger partial charge in [0, 0.05) is 18.8 Å².